The van der Waals surface area contributed by atoms with Crippen LogP contribution in [0.3, 0.4) is 0 Å². The fourth-order valence-electron chi connectivity index (χ4n) is 4.63. The van der Waals surface area contributed by atoms with E-state index in [0.717, 1.165) is 0 Å². The molecule has 0 amide bonds. The fourth-order valence-corrected chi connectivity index (χ4v) is 5.53. The lowest BCUT2D eigenvalue weighted by molar-refractivity contribution is 0.0856. The Morgan fingerprint density at radius 1 is 1.28 bits per heavy atom. The molecule has 9 nitrogen and oxygen atoms in total. The van der Waals surface area contributed by atoms with Crippen molar-refractivity contribution in [1.82, 2.24) is 18.8 Å². The molecule has 0 radical (unpaired) electrons. The predicted molar refractivity (Wildman–Crippen MR) is 130 cm³/mol. The van der Waals surface area contributed by atoms with Gasteiger partial charge in [0.1, 0.15) is 17.1 Å². The summed E-state index contributed by atoms with van der Waals surface area (Å²) >= 11 is 0. The summed E-state index contributed by atoms with van der Waals surface area (Å²) in [5, 5.41) is 0.393. The molecule has 12 heteroatoms. The maximum atomic E-state index is 13.3. The minimum Gasteiger partial charge on any atom is -0.491 e. The van der Waals surface area contributed by atoms with Gasteiger partial charge in [-0.25, -0.2) is 17.2 Å². The van der Waals surface area contributed by atoms with Crippen LogP contribution in [0.5, 0.6) is 5.75 Å². The molecule has 194 valence electrons. The predicted octanol–water partition coefficient (Wildman–Crippen LogP) is 2.69. The smallest absolute Gasteiger partial charge is 0.261 e. The quantitative estimate of drug-likeness (QED) is 0.471. The number of pyridine rings is 2. The number of sulfonamides is 1. The number of hydrogen-bond acceptors (Lipinski definition) is 7. The lowest BCUT2D eigenvalue weighted by atomic mass is 10.1. The Morgan fingerprint density at radius 3 is 2.69 bits per heavy atom. The molecule has 0 spiro atoms. The maximum absolute atomic E-state index is 13.3. The Balaban J connectivity index is 1.45. The van der Waals surface area contributed by atoms with Crippen LogP contribution >= 0.6 is 0 Å². The zero-order valence-electron chi connectivity index (χ0n) is 20.3. The summed E-state index contributed by atoms with van der Waals surface area (Å²) in [5.74, 6) is -2.59. The first kappa shape index (κ1) is 24.8. The van der Waals surface area contributed by atoms with Crippen molar-refractivity contribution in [1.29, 1.82) is 0 Å². The highest BCUT2D eigenvalue weighted by molar-refractivity contribution is 7.88. The van der Waals surface area contributed by atoms with Crippen molar-refractivity contribution in [3.05, 3.63) is 46.8 Å². The second-order valence-corrected chi connectivity index (χ2v) is 11.7. The largest absolute Gasteiger partial charge is 0.491 e. The monoisotopic (exact) mass is 522 g/mol. The normalized spacial score (nSPS) is 22.7. The Bertz CT molecular complexity index is 1470. The molecule has 2 fully saturated rings. The average molecular weight is 523 g/mol. The lowest BCUT2D eigenvalue weighted by Gasteiger charge is -2.38. The molecule has 4 heterocycles. The van der Waals surface area contributed by atoms with Crippen molar-refractivity contribution in [2.45, 2.75) is 31.9 Å². The van der Waals surface area contributed by atoms with Gasteiger partial charge in [0.05, 0.1) is 36.9 Å². The van der Waals surface area contributed by atoms with E-state index < -0.39 is 21.9 Å². The van der Waals surface area contributed by atoms with Crippen LogP contribution < -0.4 is 10.3 Å². The first-order valence-corrected chi connectivity index (χ1v) is 13.5. The van der Waals surface area contributed by atoms with Crippen LogP contribution in [0.15, 0.2) is 39.9 Å². The number of fused-ring (bicyclic) bond motifs is 1. The van der Waals surface area contributed by atoms with E-state index in [-0.39, 0.29) is 24.6 Å². The average Bonchev–Trinajstić information content (AvgIpc) is 3.21. The number of alkyl halides is 2. The molecule has 0 bridgehead atoms. The van der Waals surface area contributed by atoms with Gasteiger partial charge in [0, 0.05) is 62.7 Å². The highest BCUT2D eigenvalue weighted by atomic mass is 32.2. The number of aromatic nitrogens is 2. The van der Waals surface area contributed by atoms with E-state index in [2.05, 4.69) is 9.88 Å². The van der Waals surface area contributed by atoms with Gasteiger partial charge in [-0.1, -0.05) is 0 Å². The molecule has 1 aliphatic heterocycles. The molecule has 2 atom stereocenters. The SMILES string of the molecule is C[C@@H]1CN(S(C)(=O)=O)CCN1Cc1cc2c(=O)n(C)cc(-c3ccncc3OCC3CC3(F)F)c2o1. The summed E-state index contributed by atoms with van der Waals surface area (Å²) in [5.41, 5.74) is 1.33. The van der Waals surface area contributed by atoms with Crippen molar-refractivity contribution in [2.24, 2.45) is 13.0 Å². The molecule has 3 aromatic rings. The molecule has 0 aromatic carbocycles. The van der Waals surface area contributed by atoms with E-state index in [0.29, 0.717) is 59.8 Å². The second kappa shape index (κ2) is 8.93. The molecule has 5 rings (SSSR count). The molecule has 36 heavy (non-hydrogen) atoms. The topological polar surface area (TPSA) is 97.9 Å². The second-order valence-electron chi connectivity index (χ2n) is 9.70. The van der Waals surface area contributed by atoms with E-state index >= 15 is 0 Å². The van der Waals surface area contributed by atoms with Gasteiger partial charge < -0.3 is 13.7 Å². The van der Waals surface area contributed by atoms with Crippen molar-refractivity contribution in [3.63, 3.8) is 0 Å². The minimum absolute atomic E-state index is 0.0373. The van der Waals surface area contributed by atoms with Crippen molar-refractivity contribution in [3.8, 4) is 16.9 Å². The Hall–Kier alpha value is -2.83. The summed E-state index contributed by atoms with van der Waals surface area (Å²) in [4.78, 5) is 19.1. The van der Waals surface area contributed by atoms with Crippen LogP contribution in [-0.4, -0.2) is 71.6 Å². The Labute approximate surface area is 207 Å². The fraction of sp³-hybridized carbons (Fsp3) is 0.500. The maximum Gasteiger partial charge on any atom is 0.261 e. The molecular formula is C24H28F2N4O5S. The van der Waals surface area contributed by atoms with E-state index in [9.17, 15) is 22.0 Å². The van der Waals surface area contributed by atoms with Crippen molar-refractivity contribution < 1.29 is 26.4 Å². The van der Waals surface area contributed by atoms with Crippen LogP contribution in [0.1, 0.15) is 19.1 Å². The number of rotatable bonds is 7. The zero-order chi connectivity index (χ0) is 25.8. The third-order valence-electron chi connectivity index (χ3n) is 6.93. The van der Waals surface area contributed by atoms with E-state index in [1.54, 1.807) is 31.6 Å². The van der Waals surface area contributed by atoms with Gasteiger partial charge in [0.25, 0.3) is 11.5 Å². The van der Waals surface area contributed by atoms with Crippen molar-refractivity contribution in [2.75, 3.05) is 32.5 Å². The summed E-state index contributed by atoms with van der Waals surface area (Å²) < 4.78 is 65.3. The van der Waals surface area contributed by atoms with Gasteiger partial charge in [-0.15, -0.1) is 0 Å². The molecular weight excluding hydrogens is 494 g/mol. The van der Waals surface area contributed by atoms with Crippen LogP contribution in [0.4, 0.5) is 8.78 Å². The first-order valence-electron chi connectivity index (χ1n) is 11.7. The van der Waals surface area contributed by atoms with Crippen LogP contribution in [-0.2, 0) is 23.6 Å². The zero-order valence-corrected chi connectivity index (χ0v) is 21.1. The first-order chi connectivity index (χ1) is 16.9. The Kier molecular flexibility index (Phi) is 6.16. The molecule has 1 unspecified atom stereocenters. The van der Waals surface area contributed by atoms with E-state index in [4.69, 9.17) is 9.15 Å². The highest BCUT2D eigenvalue weighted by Crippen LogP contribution is 2.49. The number of nitrogens with zero attached hydrogens (tertiary/aromatic N) is 4. The number of furan rings is 1. The third-order valence-corrected chi connectivity index (χ3v) is 8.20. The van der Waals surface area contributed by atoms with Gasteiger partial charge in [-0.3, -0.25) is 14.7 Å². The molecule has 0 N–H and O–H groups in total. The standard InChI is InChI=1S/C24H28F2N4O5S/c1-15-11-30(36(3,32)33)7-6-29(15)12-17-8-19-22(35-17)20(13-28(2)23(19)31)18-4-5-27-10-21(18)34-14-16-9-24(16,25)26/h4-5,8,10,13,15-16H,6-7,9,11-12,14H2,1-3H3/t15-,16?/m1/s1. The van der Waals surface area contributed by atoms with Crippen molar-refractivity contribution >= 4 is 21.0 Å². The summed E-state index contributed by atoms with van der Waals surface area (Å²) in [6.07, 6.45) is 5.70. The molecule has 1 saturated carbocycles. The number of aryl methyl sites for hydroxylation is 1. The van der Waals surface area contributed by atoms with Crippen LogP contribution in [0.25, 0.3) is 22.1 Å². The highest BCUT2D eigenvalue weighted by Gasteiger charge is 2.57. The number of hydrogen-bond donors (Lipinski definition) is 0. The molecule has 2 aliphatic rings. The van der Waals surface area contributed by atoms with Gasteiger partial charge in [0.15, 0.2) is 0 Å². The van der Waals surface area contributed by atoms with Gasteiger partial charge >= 0.3 is 0 Å². The number of halogens is 2. The third kappa shape index (κ3) is 4.76. The van der Waals surface area contributed by atoms with Gasteiger partial charge in [-0.05, 0) is 19.1 Å². The summed E-state index contributed by atoms with van der Waals surface area (Å²) in [6, 6.07) is 3.38. The molecule has 1 saturated heterocycles. The number of piperazine rings is 1. The van der Waals surface area contributed by atoms with Crippen LogP contribution in [0.2, 0.25) is 0 Å². The van der Waals surface area contributed by atoms with Gasteiger partial charge in [0.2, 0.25) is 10.0 Å². The lowest BCUT2D eigenvalue weighted by Crippen LogP contribution is -2.52. The molecule has 1 aliphatic carbocycles. The summed E-state index contributed by atoms with van der Waals surface area (Å²) in [7, 11) is -1.62. The Morgan fingerprint density at radius 2 is 2.03 bits per heavy atom. The molecule has 3 aromatic heterocycles. The minimum atomic E-state index is -3.26. The van der Waals surface area contributed by atoms with Gasteiger partial charge in [-0.2, -0.15) is 4.31 Å². The van der Waals surface area contributed by atoms with Crippen LogP contribution in [0, 0.1) is 5.92 Å². The number of ether oxygens (including phenoxy) is 1. The van der Waals surface area contributed by atoms with E-state index in [1.807, 2.05) is 6.92 Å². The van der Waals surface area contributed by atoms with E-state index in [1.165, 1.54) is 21.3 Å². The summed E-state index contributed by atoms with van der Waals surface area (Å²) in [6.45, 7) is 3.53.